The van der Waals surface area contributed by atoms with Crippen molar-refractivity contribution < 1.29 is 17.9 Å². The van der Waals surface area contributed by atoms with E-state index in [1.54, 1.807) is 0 Å². The number of likely N-dealkylation sites (N-methyl/N-ethyl adjacent to an activating group) is 1. The second-order valence-corrected chi connectivity index (χ2v) is 10.3. The zero-order valence-electron chi connectivity index (χ0n) is 20.6. The van der Waals surface area contributed by atoms with Gasteiger partial charge >= 0.3 is 6.36 Å². The Morgan fingerprint density at radius 1 is 1.11 bits per heavy atom. The van der Waals surface area contributed by atoms with Crippen LogP contribution in [0.5, 0.6) is 5.75 Å². The fraction of sp³-hybridized carbons (Fsp3) is 0.680. The normalized spacial score (nSPS) is 28.2. The van der Waals surface area contributed by atoms with Crippen molar-refractivity contribution >= 4 is 5.82 Å². The Morgan fingerprint density at radius 2 is 1.80 bits per heavy atom. The van der Waals surface area contributed by atoms with Crippen molar-refractivity contribution in [3.05, 3.63) is 24.0 Å². The first-order chi connectivity index (χ1) is 16.7. The highest BCUT2D eigenvalue weighted by Gasteiger charge is 2.58. The van der Waals surface area contributed by atoms with E-state index in [2.05, 4.69) is 45.0 Å². The zero-order valence-corrected chi connectivity index (χ0v) is 20.6. The Bertz CT molecular complexity index is 1040. The summed E-state index contributed by atoms with van der Waals surface area (Å²) in [4.78, 5) is 9.12. The quantitative estimate of drug-likeness (QED) is 0.613. The monoisotopic (exact) mass is 492 g/mol. The Labute approximate surface area is 204 Å². The summed E-state index contributed by atoms with van der Waals surface area (Å²) in [5.41, 5.74) is 7.89. The minimum absolute atomic E-state index is 0.200. The van der Waals surface area contributed by atoms with Gasteiger partial charge in [0, 0.05) is 61.6 Å². The highest BCUT2D eigenvalue weighted by atomic mass is 19.4. The Hall–Kier alpha value is -2.33. The predicted octanol–water partition coefficient (Wildman–Crippen LogP) is 4.53. The number of nitrogens with two attached hydrogens (primary N) is 1. The van der Waals surface area contributed by atoms with E-state index in [1.807, 2.05) is 6.07 Å². The number of halogens is 3. The number of anilines is 1. The maximum Gasteiger partial charge on any atom is 0.573 e. The van der Waals surface area contributed by atoms with Crippen LogP contribution in [0, 0.1) is 11.8 Å². The molecule has 0 bridgehead atoms. The number of fused-ring (bicyclic) bond motifs is 1. The molecule has 3 heterocycles. The predicted molar refractivity (Wildman–Crippen MR) is 128 cm³/mol. The van der Waals surface area contributed by atoms with E-state index < -0.39 is 12.1 Å². The van der Waals surface area contributed by atoms with Crippen molar-refractivity contribution in [1.82, 2.24) is 24.6 Å². The molecule has 5 rings (SSSR count). The summed E-state index contributed by atoms with van der Waals surface area (Å²) < 4.78 is 44.5. The lowest BCUT2D eigenvalue weighted by Crippen LogP contribution is -2.49. The van der Waals surface area contributed by atoms with E-state index in [9.17, 15) is 13.2 Å². The number of alkyl halides is 3. The lowest BCUT2D eigenvalue weighted by Gasteiger charge is -2.38. The van der Waals surface area contributed by atoms with E-state index in [-0.39, 0.29) is 11.9 Å². The van der Waals surface area contributed by atoms with Crippen LogP contribution in [0.3, 0.4) is 0 Å². The third-order valence-corrected chi connectivity index (χ3v) is 8.31. The van der Waals surface area contributed by atoms with Crippen LogP contribution in [0.25, 0.3) is 11.3 Å². The fourth-order valence-corrected chi connectivity index (χ4v) is 6.12. The van der Waals surface area contributed by atoms with Crippen LogP contribution in [0.1, 0.15) is 57.7 Å². The Balaban J connectivity index is 1.34. The zero-order chi connectivity index (χ0) is 24.9. The molecular weight excluding hydrogens is 457 g/mol. The van der Waals surface area contributed by atoms with Gasteiger partial charge < -0.3 is 15.4 Å². The van der Waals surface area contributed by atoms with Gasteiger partial charge in [0.1, 0.15) is 0 Å². The molecule has 0 spiro atoms. The van der Waals surface area contributed by atoms with Gasteiger partial charge in [-0.05, 0) is 56.7 Å². The van der Waals surface area contributed by atoms with E-state index in [1.165, 1.54) is 30.8 Å². The van der Waals surface area contributed by atoms with Gasteiger partial charge in [-0.15, -0.1) is 13.2 Å². The number of aromatic nitrogens is 3. The molecule has 2 aliphatic carbocycles. The van der Waals surface area contributed by atoms with Crippen LogP contribution >= 0.6 is 0 Å². The van der Waals surface area contributed by atoms with Crippen molar-refractivity contribution in [3.8, 4) is 17.0 Å². The molecule has 3 atom stereocenters. The maximum atomic E-state index is 12.8. The number of nitrogens with zero attached hydrogens (tertiary/aromatic N) is 5. The molecule has 10 heteroatoms. The van der Waals surface area contributed by atoms with Gasteiger partial charge in [-0.3, -0.25) is 9.58 Å². The molecule has 3 aliphatic rings. The molecular formula is C25H35F3N6O. The van der Waals surface area contributed by atoms with Crippen molar-refractivity contribution in [3.63, 3.8) is 0 Å². The minimum Gasteiger partial charge on any atom is -0.402 e. The molecule has 0 amide bonds. The third kappa shape index (κ3) is 4.87. The lowest BCUT2D eigenvalue weighted by molar-refractivity contribution is -0.274. The van der Waals surface area contributed by atoms with Gasteiger partial charge in [0.15, 0.2) is 11.6 Å². The number of pyridine rings is 1. The van der Waals surface area contributed by atoms with Crippen LogP contribution in [0.15, 0.2) is 18.3 Å². The average Bonchev–Trinajstić information content (AvgIpc) is 3.17. The van der Waals surface area contributed by atoms with Gasteiger partial charge in [0.2, 0.25) is 0 Å². The Morgan fingerprint density at radius 3 is 2.40 bits per heavy atom. The molecule has 2 N–H and O–H groups in total. The lowest BCUT2D eigenvalue weighted by atomic mass is 10.0. The first-order valence-corrected chi connectivity index (χ1v) is 12.8. The van der Waals surface area contributed by atoms with Crippen molar-refractivity contribution in [2.75, 3.05) is 38.5 Å². The first-order valence-electron chi connectivity index (χ1n) is 12.8. The molecule has 3 unspecified atom stereocenters. The van der Waals surface area contributed by atoms with Crippen LogP contribution in [0.2, 0.25) is 0 Å². The number of hydrogen-bond acceptors (Lipinski definition) is 6. The molecule has 3 fully saturated rings. The molecule has 2 aromatic heterocycles. The molecule has 0 aromatic carbocycles. The number of rotatable bonds is 7. The summed E-state index contributed by atoms with van der Waals surface area (Å²) in [7, 11) is 0. The summed E-state index contributed by atoms with van der Waals surface area (Å²) in [5, 5.41) is 4.82. The van der Waals surface area contributed by atoms with Crippen molar-refractivity contribution in [1.29, 1.82) is 0 Å². The molecule has 0 radical (unpaired) electrons. The Kier molecular flexibility index (Phi) is 6.46. The number of hydrogen-bond donors (Lipinski definition) is 1. The van der Waals surface area contributed by atoms with E-state index in [0.29, 0.717) is 35.1 Å². The second kappa shape index (κ2) is 9.28. The van der Waals surface area contributed by atoms with E-state index >= 15 is 0 Å². The molecule has 2 saturated carbocycles. The largest absolute Gasteiger partial charge is 0.573 e. The van der Waals surface area contributed by atoms with Crippen LogP contribution in [-0.4, -0.2) is 69.7 Å². The maximum absolute atomic E-state index is 12.8. The highest BCUT2D eigenvalue weighted by molar-refractivity contribution is 5.64. The molecule has 192 valence electrons. The second-order valence-electron chi connectivity index (χ2n) is 10.3. The van der Waals surface area contributed by atoms with Gasteiger partial charge in [-0.25, -0.2) is 4.98 Å². The standard InChI is InChI=1S/C25H35F3N6O/c1-4-15(3)34-21(13-20(31-34)16-10-22(24(29)30-14-16)35-25(26,27)28)23-18-11-17(12-19(18)23)33-8-6-32(5-2)7-9-33/h10,13-15,17-19,23H,4-9,11-12H2,1-3H3,(H2,29,30). The van der Waals surface area contributed by atoms with Gasteiger partial charge in [-0.1, -0.05) is 13.8 Å². The van der Waals surface area contributed by atoms with E-state index in [4.69, 9.17) is 10.8 Å². The molecule has 2 aromatic rings. The van der Waals surface area contributed by atoms with Crippen molar-refractivity contribution in [2.24, 2.45) is 11.8 Å². The summed E-state index contributed by atoms with van der Waals surface area (Å²) in [6.45, 7) is 12.2. The van der Waals surface area contributed by atoms with E-state index in [0.717, 1.165) is 39.1 Å². The first kappa shape index (κ1) is 24.4. The van der Waals surface area contributed by atoms with Gasteiger partial charge in [0.25, 0.3) is 0 Å². The number of nitrogen functional groups attached to an aromatic ring is 1. The SMILES string of the molecule is CCC(C)n1nc(-c2cnc(N)c(OC(F)(F)F)c2)cc1C1C2CC(N3CCN(CC)CC3)CC21. The van der Waals surface area contributed by atoms with Crippen LogP contribution in [-0.2, 0) is 0 Å². The molecule has 1 saturated heterocycles. The van der Waals surface area contributed by atoms with Gasteiger partial charge in [-0.2, -0.15) is 5.10 Å². The molecule has 7 nitrogen and oxygen atoms in total. The topological polar surface area (TPSA) is 72.4 Å². The summed E-state index contributed by atoms with van der Waals surface area (Å²) >= 11 is 0. The number of ether oxygens (including phenoxy) is 1. The van der Waals surface area contributed by atoms with Gasteiger partial charge in [0.05, 0.1) is 5.69 Å². The van der Waals surface area contributed by atoms with Crippen LogP contribution < -0.4 is 10.5 Å². The summed E-state index contributed by atoms with van der Waals surface area (Å²) in [5.74, 6) is 0.987. The summed E-state index contributed by atoms with van der Waals surface area (Å²) in [6.07, 6.45) is -0.0138. The van der Waals surface area contributed by atoms with Crippen LogP contribution in [0.4, 0.5) is 19.0 Å². The highest BCUT2D eigenvalue weighted by Crippen LogP contribution is 2.64. The fourth-order valence-electron chi connectivity index (χ4n) is 6.12. The molecule has 1 aliphatic heterocycles. The number of piperazine rings is 1. The smallest absolute Gasteiger partial charge is 0.402 e. The molecule has 35 heavy (non-hydrogen) atoms. The average molecular weight is 493 g/mol. The third-order valence-electron chi connectivity index (χ3n) is 8.31. The minimum atomic E-state index is -4.83. The van der Waals surface area contributed by atoms with Crippen molar-refractivity contribution in [2.45, 2.75) is 64.4 Å². The summed E-state index contributed by atoms with van der Waals surface area (Å²) in [6, 6.07) is 4.19.